The second-order valence-corrected chi connectivity index (χ2v) is 7.62. The molecule has 4 rings (SSSR count). The Morgan fingerprint density at radius 2 is 1.62 bits per heavy atom. The van der Waals surface area contributed by atoms with E-state index in [0.717, 1.165) is 21.4 Å². The van der Waals surface area contributed by atoms with E-state index >= 15 is 0 Å². The van der Waals surface area contributed by atoms with Crippen LogP contribution in [-0.4, -0.2) is 40.2 Å². The van der Waals surface area contributed by atoms with Crippen LogP contribution >= 0.6 is 0 Å². The topological polar surface area (TPSA) is 82.3 Å². The van der Waals surface area contributed by atoms with Gasteiger partial charge in [0.25, 0.3) is 11.8 Å². The summed E-state index contributed by atoms with van der Waals surface area (Å²) >= 11 is 0. The smallest absolute Gasteiger partial charge is 0.262 e. The third kappa shape index (κ3) is 3.31. The first-order valence-electron chi connectivity index (χ1n) is 9.78. The molecular weight excluding hydrogens is 366 g/mol. The molecule has 0 aliphatic carbocycles. The third-order valence-electron chi connectivity index (χ3n) is 5.37. The van der Waals surface area contributed by atoms with E-state index in [1.54, 1.807) is 24.3 Å². The van der Waals surface area contributed by atoms with Gasteiger partial charge in [-0.25, -0.2) is 0 Å². The molecule has 0 saturated heterocycles. The van der Waals surface area contributed by atoms with Gasteiger partial charge >= 0.3 is 0 Å². The van der Waals surface area contributed by atoms with Crippen LogP contribution in [0.4, 0.5) is 0 Å². The van der Waals surface area contributed by atoms with Crippen LogP contribution in [0.5, 0.6) is 0 Å². The summed E-state index contributed by atoms with van der Waals surface area (Å²) < 4.78 is 0. The second-order valence-electron chi connectivity index (χ2n) is 7.62. The molecule has 1 unspecified atom stereocenters. The van der Waals surface area contributed by atoms with Gasteiger partial charge in [-0.2, -0.15) is 0 Å². The first kappa shape index (κ1) is 18.9. The predicted molar refractivity (Wildman–Crippen MR) is 111 cm³/mol. The molecule has 0 fully saturated rings. The number of amides is 3. The van der Waals surface area contributed by atoms with Crippen LogP contribution in [0.2, 0.25) is 0 Å². The van der Waals surface area contributed by atoms with Crippen LogP contribution in [0.15, 0.2) is 54.7 Å². The lowest BCUT2D eigenvalue weighted by atomic mass is 10.0. The highest BCUT2D eigenvalue weighted by atomic mass is 16.2. The molecule has 1 aliphatic rings. The zero-order valence-corrected chi connectivity index (χ0v) is 16.4. The summed E-state index contributed by atoms with van der Waals surface area (Å²) in [6.45, 7) is 4.11. The van der Waals surface area contributed by atoms with Crippen LogP contribution in [0.3, 0.4) is 0 Å². The average Bonchev–Trinajstić information content (AvgIpc) is 3.23. The lowest BCUT2D eigenvalue weighted by molar-refractivity contribution is -0.126. The molecule has 0 saturated carbocycles. The quantitative estimate of drug-likeness (QED) is 0.636. The molecule has 29 heavy (non-hydrogen) atoms. The van der Waals surface area contributed by atoms with Gasteiger partial charge in [0.2, 0.25) is 5.91 Å². The van der Waals surface area contributed by atoms with Gasteiger partial charge < -0.3 is 10.3 Å². The molecule has 1 atom stereocenters. The lowest BCUT2D eigenvalue weighted by Crippen LogP contribution is -2.52. The number of nitrogens with zero attached hydrogens (tertiary/aromatic N) is 1. The van der Waals surface area contributed by atoms with Crippen molar-refractivity contribution in [3.63, 3.8) is 0 Å². The van der Waals surface area contributed by atoms with Crippen molar-refractivity contribution in [2.24, 2.45) is 5.92 Å². The molecule has 1 aliphatic heterocycles. The number of benzene rings is 2. The van der Waals surface area contributed by atoms with Gasteiger partial charge in [-0.1, -0.05) is 44.2 Å². The summed E-state index contributed by atoms with van der Waals surface area (Å²) in [5, 5.41) is 4.04. The van der Waals surface area contributed by atoms with Gasteiger partial charge in [0.15, 0.2) is 0 Å². The maximum absolute atomic E-state index is 12.9. The summed E-state index contributed by atoms with van der Waals surface area (Å²) in [5.41, 5.74) is 2.88. The maximum Gasteiger partial charge on any atom is 0.262 e. The van der Waals surface area contributed by atoms with E-state index in [0.29, 0.717) is 24.1 Å². The minimum atomic E-state index is -0.842. The van der Waals surface area contributed by atoms with E-state index in [-0.39, 0.29) is 11.8 Å². The normalized spacial score (nSPS) is 14.5. The van der Waals surface area contributed by atoms with Gasteiger partial charge in [-0.05, 0) is 36.1 Å². The SMILES string of the molecule is CC(C)C(C(=O)NCCc1c[nH]c2ccccc12)N1C(=O)c2ccccc2C1=O. The predicted octanol–water partition coefficient (Wildman–Crippen LogP) is 3.15. The average molecular weight is 389 g/mol. The fourth-order valence-corrected chi connectivity index (χ4v) is 3.94. The number of para-hydroxylation sites is 1. The van der Waals surface area contributed by atoms with Crippen molar-refractivity contribution >= 4 is 28.6 Å². The monoisotopic (exact) mass is 389 g/mol. The number of aromatic nitrogens is 1. The van der Waals surface area contributed by atoms with Gasteiger partial charge in [0.05, 0.1) is 11.1 Å². The standard InChI is InChI=1S/C23H23N3O3/c1-14(2)20(26-22(28)17-8-3-4-9-18(17)23(26)29)21(27)24-12-11-15-13-25-19-10-6-5-7-16(15)19/h3-10,13-14,20,25H,11-12H2,1-2H3,(H,24,27). The van der Waals surface area contributed by atoms with Crippen LogP contribution in [0.1, 0.15) is 40.1 Å². The van der Waals surface area contributed by atoms with E-state index in [9.17, 15) is 14.4 Å². The Kier molecular flexibility index (Phi) is 4.92. The number of hydrogen-bond donors (Lipinski definition) is 2. The van der Waals surface area contributed by atoms with Gasteiger partial charge in [-0.3, -0.25) is 19.3 Å². The number of aromatic amines is 1. The van der Waals surface area contributed by atoms with E-state index in [1.807, 2.05) is 44.3 Å². The van der Waals surface area contributed by atoms with Crippen LogP contribution in [0.25, 0.3) is 10.9 Å². The number of hydrogen-bond acceptors (Lipinski definition) is 3. The van der Waals surface area contributed by atoms with Crippen molar-refractivity contribution < 1.29 is 14.4 Å². The molecule has 6 nitrogen and oxygen atoms in total. The summed E-state index contributed by atoms with van der Waals surface area (Å²) in [6.07, 6.45) is 2.60. The summed E-state index contributed by atoms with van der Waals surface area (Å²) in [6, 6.07) is 13.9. The lowest BCUT2D eigenvalue weighted by Gasteiger charge is -2.28. The number of nitrogens with one attached hydrogen (secondary N) is 2. The summed E-state index contributed by atoms with van der Waals surface area (Å²) in [7, 11) is 0. The Morgan fingerprint density at radius 1 is 1.00 bits per heavy atom. The minimum absolute atomic E-state index is 0.203. The molecule has 0 radical (unpaired) electrons. The third-order valence-corrected chi connectivity index (χ3v) is 5.37. The Balaban J connectivity index is 1.47. The van der Waals surface area contributed by atoms with Crippen molar-refractivity contribution in [3.05, 3.63) is 71.4 Å². The Hall–Kier alpha value is -3.41. The highest BCUT2D eigenvalue weighted by molar-refractivity contribution is 6.22. The number of imide groups is 1. The number of carbonyl (C=O) groups is 3. The molecule has 2 heterocycles. The van der Waals surface area contributed by atoms with Crippen molar-refractivity contribution in [2.75, 3.05) is 6.54 Å². The summed E-state index contributed by atoms with van der Waals surface area (Å²) in [4.78, 5) is 42.8. The molecule has 148 valence electrons. The molecule has 0 spiro atoms. The molecule has 0 bridgehead atoms. The van der Waals surface area contributed by atoms with Crippen LogP contribution in [-0.2, 0) is 11.2 Å². The highest BCUT2D eigenvalue weighted by Gasteiger charge is 2.43. The Bertz CT molecular complexity index is 1060. The van der Waals surface area contributed by atoms with E-state index in [4.69, 9.17) is 0 Å². The number of H-pyrrole nitrogens is 1. The fraction of sp³-hybridized carbons (Fsp3) is 0.261. The second kappa shape index (κ2) is 7.54. The van der Waals surface area contributed by atoms with Gasteiger partial charge in [0, 0.05) is 23.6 Å². The van der Waals surface area contributed by atoms with Crippen molar-refractivity contribution in [2.45, 2.75) is 26.3 Å². The number of rotatable bonds is 6. The number of carbonyl (C=O) groups excluding carboxylic acids is 3. The van der Waals surface area contributed by atoms with Crippen molar-refractivity contribution in [1.82, 2.24) is 15.2 Å². The first-order valence-corrected chi connectivity index (χ1v) is 9.78. The Morgan fingerprint density at radius 3 is 2.28 bits per heavy atom. The highest BCUT2D eigenvalue weighted by Crippen LogP contribution is 2.27. The van der Waals surface area contributed by atoms with E-state index in [1.165, 1.54) is 0 Å². The minimum Gasteiger partial charge on any atom is -0.361 e. The molecular formula is C23H23N3O3. The Labute approximate surface area is 168 Å². The number of fused-ring (bicyclic) bond motifs is 2. The largest absolute Gasteiger partial charge is 0.361 e. The van der Waals surface area contributed by atoms with Crippen LogP contribution in [0, 0.1) is 5.92 Å². The first-order chi connectivity index (χ1) is 14.0. The van der Waals surface area contributed by atoms with Gasteiger partial charge in [0.1, 0.15) is 6.04 Å². The zero-order valence-electron chi connectivity index (χ0n) is 16.4. The molecule has 6 heteroatoms. The van der Waals surface area contributed by atoms with Crippen molar-refractivity contribution in [3.8, 4) is 0 Å². The maximum atomic E-state index is 12.9. The van der Waals surface area contributed by atoms with E-state index in [2.05, 4.69) is 10.3 Å². The molecule has 1 aromatic heterocycles. The zero-order chi connectivity index (χ0) is 20.5. The van der Waals surface area contributed by atoms with Crippen molar-refractivity contribution in [1.29, 1.82) is 0 Å². The molecule has 3 aromatic rings. The molecule has 2 aromatic carbocycles. The molecule has 2 N–H and O–H groups in total. The summed E-state index contributed by atoms with van der Waals surface area (Å²) in [5.74, 6) is -1.33. The van der Waals surface area contributed by atoms with Crippen LogP contribution < -0.4 is 5.32 Å². The van der Waals surface area contributed by atoms with Gasteiger partial charge in [-0.15, -0.1) is 0 Å². The molecule has 3 amide bonds. The van der Waals surface area contributed by atoms with E-state index < -0.39 is 17.9 Å². The fourth-order valence-electron chi connectivity index (χ4n) is 3.94.